The van der Waals surface area contributed by atoms with Gasteiger partial charge in [0.05, 0.1) is 11.3 Å². The monoisotopic (exact) mass is 373 g/mol. The summed E-state index contributed by atoms with van der Waals surface area (Å²) in [6.45, 7) is 6.75. The predicted octanol–water partition coefficient (Wildman–Crippen LogP) is 5.31. The number of aromatic nitrogens is 1. The summed E-state index contributed by atoms with van der Waals surface area (Å²) in [6.07, 6.45) is 3.40. The molecule has 0 aliphatic carbocycles. The average Bonchev–Trinajstić information content (AvgIpc) is 2.73. The van der Waals surface area contributed by atoms with Crippen molar-refractivity contribution in [3.63, 3.8) is 0 Å². The molecule has 1 amide bonds. The van der Waals surface area contributed by atoms with Gasteiger partial charge in [-0.2, -0.15) is 0 Å². The molecule has 4 heteroatoms. The predicted molar refractivity (Wildman–Crippen MR) is 114 cm³/mol. The van der Waals surface area contributed by atoms with Gasteiger partial charge in [0.15, 0.2) is 0 Å². The molecule has 0 spiro atoms. The molecule has 28 heavy (non-hydrogen) atoms. The SMILES string of the molecule is CC(Nc1cncc(C(=O)N(Cc2ccccc2)C(C)C)c1)c1ccccc1. The number of benzene rings is 2. The Bertz CT molecular complexity index is 894. The fourth-order valence-corrected chi connectivity index (χ4v) is 3.15. The van der Waals surface area contributed by atoms with Gasteiger partial charge >= 0.3 is 0 Å². The Morgan fingerprint density at radius 2 is 1.61 bits per heavy atom. The highest BCUT2D eigenvalue weighted by molar-refractivity contribution is 5.95. The summed E-state index contributed by atoms with van der Waals surface area (Å²) in [5, 5.41) is 3.44. The molecule has 1 atom stereocenters. The summed E-state index contributed by atoms with van der Waals surface area (Å²) in [7, 11) is 0. The zero-order valence-electron chi connectivity index (χ0n) is 16.7. The van der Waals surface area contributed by atoms with Crippen LogP contribution in [0.25, 0.3) is 0 Å². The summed E-state index contributed by atoms with van der Waals surface area (Å²) in [5.74, 6) is -0.0117. The summed E-state index contributed by atoms with van der Waals surface area (Å²) in [4.78, 5) is 19.3. The minimum atomic E-state index is -0.0117. The molecule has 0 aliphatic rings. The van der Waals surface area contributed by atoms with Crippen molar-refractivity contribution in [3.05, 3.63) is 95.8 Å². The first-order valence-electron chi connectivity index (χ1n) is 9.66. The molecule has 1 aromatic heterocycles. The molecule has 2 aromatic carbocycles. The summed E-state index contributed by atoms with van der Waals surface area (Å²) >= 11 is 0. The number of nitrogens with one attached hydrogen (secondary N) is 1. The number of pyridine rings is 1. The molecule has 0 saturated carbocycles. The van der Waals surface area contributed by atoms with Crippen LogP contribution in [0.5, 0.6) is 0 Å². The number of amides is 1. The quantitative estimate of drug-likeness (QED) is 0.611. The van der Waals surface area contributed by atoms with E-state index in [9.17, 15) is 4.79 Å². The smallest absolute Gasteiger partial charge is 0.256 e. The standard InChI is InChI=1S/C24H27N3O/c1-18(2)27(17-20-10-6-4-7-11-20)24(28)22-14-23(16-25-15-22)26-19(3)21-12-8-5-9-13-21/h4-16,18-19,26H,17H2,1-3H3. The number of nitrogens with zero attached hydrogens (tertiary/aromatic N) is 2. The van der Waals surface area contributed by atoms with Crippen molar-refractivity contribution < 1.29 is 4.79 Å². The molecular weight excluding hydrogens is 346 g/mol. The molecule has 0 radical (unpaired) electrons. The Morgan fingerprint density at radius 1 is 0.964 bits per heavy atom. The van der Waals surface area contributed by atoms with E-state index in [1.807, 2.05) is 73.3 Å². The Balaban J connectivity index is 1.76. The lowest BCUT2D eigenvalue weighted by molar-refractivity contribution is 0.0690. The second-order valence-corrected chi connectivity index (χ2v) is 7.25. The van der Waals surface area contributed by atoms with Crippen molar-refractivity contribution in [2.45, 2.75) is 39.4 Å². The minimum Gasteiger partial charge on any atom is -0.377 e. The minimum absolute atomic E-state index is 0.0117. The molecule has 144 valence electrons. The second-order valence-electron chi connectivity index (χ2n) is 7.25. The molecular formula is C24H27N3O. The van der Waals surface area contributed by atoms with Crippen LogP contribution < -0.4 is 5.32 Å². The van der Waals surface area contributed by atoms with Gasteiger partial charge in [-0.15, -0.1) is 0 Å². The molecule has 3 rings (SSSR count). The van der Waals surface area contributed by atoms with Gasteiger partial charge in [-0.1, -0.05) is 60.7 Å². The Kier molecular flexibility index (Phi) is 6.43. The third kappa shape index (κ3) is 4.97. The third-order valence-electron chi connectivity index (χ3n) is 4.75. The maximum Gasteiger partial charge on any atom is 0.256 e. The number of carbonyl (C=O) groups excluding carboxylic acids is 1. The fraction of sp³-hybridized carbons (Fsp3) is 0.250. The van der Waals surface area contributed by atoms with Crippen molar-refractivity contribution >= 4 is 11.6 Å². The average molecular weight is 374 g/mol. The van der Waals surface area contributed by atoms with Crippen molar-refractivity contribution in [1.82, 2.24) is 9.88 Å². The normalized spacial score (nSPS) is 11.9. The van der Waals surface area contributed by atoms with Gasteiger partial charge in [0.2, 0.25) is 0 Å². The van der Waals surface area contributed by atoms with Crippen molar-refractivity contribution in [1.29, 1.82) is 0 Å². The van der Waals surface area contributed by atoms with E-state index in [1.165, 1.54) is 5.56 Å². The van der Waals surface area contributed by atoms with E-state index < -0.39 is 0 Å². The lowest BCUT2D eigenvalue weighted by atomic mass is 10.1. The van der Waals surface area contributed by atoms with Crippen LogP contribution in [0.4, 0.5) is 5.69 Å². The number of hydrogen-bond acceptors (Lipinski definition) is 3. The van der Waals surface area contributed by atoms with Gasteiger partial charge < -0.3 is 10.2 Å². The first-order chi connectivity index (χ1) is 13.5. The van der Waals surface area contributed by atoms with Crippen LogP contribution in [0, 0.1) is 0 Å². The van der Waals surface area contributed by atoms with E-state index >= 15 is 0 Å². The summed E-state index contributed by atoms with van der Waals surface area (Å²) in [6, 6.07) is 22.4. The first kappa shape index (κ1) is 19.6. The molecule has 0 fully saturated rings. The summed E-state index contributed by atoms with van der Waals surface area (Å²) < 4.78 is 0. The van der Waals surface area contributed by atoms with Crippen LogP contribution in [0.15, 0.2) is 79.1 Å². The maximum absolute atomic E-state index is 13.2. The molecule has 3 aromatic rings. The van der Waals surface area contributed by atoms with Crippen LogP contribution in [-0.4, -0.2) is 21.8 Å². The van der Waals surface area contributed by atoms with Crippen LogP contribution in [0.1, 0.15) is 48.3 Å². The van der Waals surface area contributed by atoms with Crippen LogP contribution in [0.3, 0.4) is 0 Å². The van der Waals surface area contributed by atoms with Gasteiger partial charge in [0.1, 0.15) is 0 Å². The van der Waals surface area contributed by atoms with Crippen molar-refractivity contribution in [2.24, 2.45) is 0 Å². The molecule has 0 saturated heterocycles. The van der Waals surface area contributed by atoms with E-state index in [2.05, 4.69) is 29.4 Å². The Hall–Kier alpha value is -3.14. The van der Waals surface area contributed by atoms with Crippen LogP contribution in [0.2, 0.25) is 0 Å². The van der Waals surface area contributed by atoms with Gasteiger partial charge in [-0.25, -0.2) is 0 Å². The van der Waals surface area contributed by atoms with Crippen LogP contribution in [-0.2, 0) is 6.54 Å². The number of rotatable bonds is 7. The highest BCUT2D eigenvalue weighted by atomic mass is 16.2. The van der Waals surface area contributed by atoms with E-state index in [-0.39, 0.29) is 18.0 Å². The third-order valence-corrected chi connectivity index (χ3v) is 4.75. The molecule has 0 bridgehead atoms. The van der Waals surface area contributed by atoms with E-state index in [0.29, 0.717) is 12.1 Å². The number of carbonyl (C=O) groups is 1. The zero-order valence-corrected chi connectivity index (χ0v) is 16.7. The van der Waals surface area contributed by atoms with Crippen LogP contribution >= 0.6 is 0 Å². The van der Waals surface area contributed by atoms with Gasteiger partial charge in [-0.05, 0) is 38.0 Å². The highest BCUT2D eigenvalue weighted by Gasteiger charge is 2.20. The number of anilines is 1. The highest BCUT2D eigenvalue weighted by Crippen LogP contribution is 2.20. The van der Waals surface area contributed by atoms with Gasteiger partial charge in [0, 0.05) is 31.0 Å². The summed E-state index contributed by atoms with van der Waals surface area (Å²) in [5.41, 5.74) is 3.73. The Morgan fingerprint density at radius 3 is 2.25 bits per heavy atom. The van der Waals surface area contributed by atoms with E-state index in [0.717, 1.165) is 11.3 Å². The number of hydrogen-bond donors (Lipinski definition) is 1. The van der Waals surface area contributed by atoms with E-state index in [4.69, 9.17) is 0 Å². The lowest BCUT2D eigenvalue weighted by Gasteiger charge is -2.27. The second kappa shape index (κ2) is 9.18. The first-order valence-corrected chi connectivity index (χ1v) is 9.66. The molecule has 4 nitrogen and oxygen atoms in total. The molecule has 0 aliphatic heterocycles. The Labute approximate surface area is 167 Å². The largest absolute Gasteiger partial charge is 0.377 e. The topological polar surface area (TPSA) is 45.2 Å². The van der Waals surface area contributed by atoms with Crippen molar-refractivity contribution in [3.8, 4) is 0 Å². The fourth-order valence-electron chi connectivity index (χ4n) is 3.15. The molecule has 1 N–H and O–H groups in total. The van der Waals surface area contributed by atoms with Crippen molar-refractivity contribution in [2.75, 3.05) is 5.32 Å². The molecule has 1 heterocycles. The molecule has 1 unspecified atom stereocenters. The van der Waals surface area contributed by atoms with E-state index in [1.54, 1.807) is 12.4 Å². The van der Waals surface area contributed by atoms with Gasteiger partial charge in [-0.3, -0.25) is 9.78 Å². The van der Waals surface area contributed by atoms with Gasteiger partial charge in [0.25, 0.3) is 5.91 Å². The lowest BCUT2D eigenvalue weighted by Crippen LogP contribution is -2.36. The zero-order chi connectivity index (χ0) is 19.9. The maximum atomic E-state index is 13.2.